The minimum absolute atomic E-state index is 0.0841. The third kappa shape index (κ3) is 10.2. The van der Waals surface area contributed by atoms with Crippen LogP contribution < -0.4 is 32.3 Å². The van der Waals surface area contributed by atoms with Gasteiger partial charge >= 0.3 is 12.1 Å². The van der Waals surface area contributed by atoms with Gasteiger partial charge in [0.25, 0.3) is 11.8 Å². The van der Waals surface area contributed by atoms with Crippen molar-refractivity contribution in [1.29, 1.82) is 0 Å². The van der Waals surface area contributed by atoms with Crippen LogP contribution in [0.25, 0.3) is 45.2 Å². The first-order chi connectivity index (χ1) is 35.5. The lowest BCUT2D eigenvalue weighted by Gasteiger charge is -2.26. The smallest absolute Gasteiger partial charge is 0.325 e. The van der Waals surface area contributed by atoms with E-state index in [4.69, 9.17) is 17.2 Å². The van der Waals surface area contributed by atoms with E-state index in [1.807, 2.05) is 20.8 Å². The Hall–Kier alpha value is -9.67. The van der Waals surface area contributed by atoms with Crippen LogP contribution in [-0.4, -0.2) is 58.8 Å². The molecule has 75 heavy (non-hydrogen) atoms. The molecular formula is C52H41F6N13O4. The van der Waals surface area contributed by atoms with Crippen LogP contribution in [0, 0.1) is 34.9 Å². The zero-order chi connectivity index (χ0) is 54.3. The number of nitrogens with zero attached hydrogens (tertiary/aromatic N) is 9. The van der Waals surface area contributed by atoms with Crippen LogP contribution >= 0.6 is 0 Å². The van der Waals surface area contributed by atoms with Crippen molar-refractivity contribution in [3.8, 4) is 45.2 Å². The second-order valence-electron chi connectivity index (χ2n) is 18.1. The minimum Gasteiger partial charge on any atom is -0.366 e. The molecule has 380 valence electrons. The molecule has 0 aliphatic carbocycles. The fraction of sp³-hybridized carbons (Fsp3) is 0.135. The Bertz CT molecular complexity index is 3620. The number of carbonyl (C=O) groups is 4. The van der Waals surface area contributed by atoms with Crippen LogP contribution in [0.1, 0.15) is 67.0 Å². The zero-order valence-electron chi connectivity index (χ0n) is 40.1. The Morgan fingerprint density at radius 1 is 0.507 bits per heavy atom. The van der Waals surface area contributed by atoms with Crippen molar-refractivity contribution in [2.45, 2.75) is 45.6 Å². The average molecular weight is 1030 g/mol. The summed E-state index contributed by atoms with van der Waals surface area (Å²) in [5, 5.41) is 2.79. The van der Waals surface area contributed by atoms with E-state index in [1.165, 1.54) is 56.7 Å². The molecule has 0 aliphatic rings. The average Bonchev–Trinajstić information content (AvgIpc) is 3.36. The molecule has 0 radical (unpaired) electrons. The first-order valence-electron chi connectivity index (χ1n) is 22.3. The molecule has 5 aromatic heterocycles. The molecule has 0 unspecified atom stereocenters. The first-order valence-corrected chi connectivity index (χ1v) is 22.3. The quantitative estimate of drug-likeness (QED) is 0.0838. The van der Waals surface area contributed by atoms with Crippen molar-refractivity contribution in [3.05, 3.63) is 173 Å². The number of nitrogens with two attached hydrogens (primary N) is 3. The molecule has 5 heterocycles. The van der Waals surface area contributed by atoms with Crippen molar-refractivity contribution in [1.82, 2.24) is 40.2 Å². The van der Waals surface area contributed by atoms with Gasteiger partial charge in [-0.3, -0.25) is 14.6 Å². The number of carbonyl (C=O) groups excluding carboxylic acids is 4. The summed E-state index contributed by atoms with van der Waals surface area (Å²) < 4.78 is 93.9. The minimum atomic E-state index is -1.54. The fourth-order valence-corrected chi connectivity index (χ4v) is 7.76. The maximum atomic E-state index is 16.8. The molecular weight excluding hydrogens is 985 g/mol. The first kappa shape index (κ1) is 51.7. The number of nitrogens with one attached hydrogen (secondary N) is 1. The third-order valence-electron chi connectivity index (χ3n) is 11.4. The van der Waals surface area contributed by atoms with Crippen LogP contribution in [-0.2, 0) is 11.0 Å². The lowest BCUT2D eigenvalue weighted by molar-refractivity contribution is 0.0907. The largest absolute Gasteiger partial charge is 0.366 e. The number of urea groups is 2. The maximum Gasteiger partial charge on any atom is 0.325 e. The Kier molecular flexibility index (Phi) is 13.8. The number of halogens is 6. The predicted octanol–water partition coefficient (Wildman–Crippen LogP) is 9.45. The van der Waals surface area contributed by atoms with Gasteiger partial charge in [-0.1, -0.05) is 26.8 Å². The number of primary amides is 3. The summed E-state index contributed by atoms with van der Waals surface area (Å²) in [7, 11) is 0. The van der Waals surface area contributed by atoms with E-state index in [-0.39, 0.29) is 45.3 Å². The number of hydrogen-bond acceptors (Lipinski definition) is 11. The fourth-order valence-electron chi connectivity index (χ4n) is 7.76. The van der Waals surface area contributed by atoms with Crippen molar-refractivity contribution in [2.24, 2.45) is 17.2 Å². The van der Waals surface area contributed by atoms with Gasteiger partial charge in [0, 0.05) is 46.8 Å². The molecule has 3 aromatic carbocycles. The number of hydrogen-bond donors (Lipinski definition) is 4. The molecule has 0 bridgehead atoms. The van der Waals surface area contributed by atoms with Crippen molar-refractivity contribution in [2.75, 3.05) is 9.80 Å². The van der Waals surface area contributed by atoms with Crippen molar-refractivity contribution < 1.29 is 45.5 Å². The Morgan fingerprint density at radius 2 is 1.03 bits per heavy atom. The van der Waals surface area contributed by atoms with E-state index >= 15 is 22.0 Å². The highest BCUT2D eigenvalue weighted by atomic mass is 19.2. The van der Waals surface area contributed by atoms with Gasteiger partial charge in [-0.15, -0.1) is 0 Å². The summed E-state index contributed by atoms with van der Waals surface area (Å²) >= 11 is 0. The molecule has 8 aromatic rings. The molecule has 0 fully saturated rings. The number of pyridine rings is 3. The summed E-state index contributed by atoms with van der Waals surface area (Å²) in [6.45, 7) is 8.54. The molecule has 6 amide bonds. The van der Waals surface area contributed by atoms with Gasteiger partial charge in [-0.05, 0) is 98.8 Å². The predicted molar refractivity (Wildman–Crippen MR) is 263 cm³/mol. The Morgan fingerprint density at radius 3 is 1.53 bits per heavy atom. The molecule has 17 nitrogen and oxygen atoms in total. The number of aromatic nitrogens is 7. The molecule has 23 heteroatoms. The van der Waals surface area contributed by atoms with Crippen LogP contribution in [0.3, 0.4) is 0 Å². The SMILES string of the molecule is CC(C)(C)c1nccc(-c2ccc(F)c(N(C(N)=O)c3ccc(C(=O)NC(C)(C)c4nccc(-c5ccc(F)c(N(C(N)=O)c6ccc(C(N)=O)c(-c7ccc(F)cc7F)n6)c5F)n4)c(-c4ccccn4)n3)c2F)n1. The van der Waals surface area contributed by atoms with Crippen molar-refractivity contribution in [3.63, 3.8) is 0 Å². The lowest BCUT2D eigenvalue weighted by atomic mass is 9.95. The van der Waals surface area contributed by atoms with E-state index < -0.39 is 110 Å². The summed E-state index contributed by atoms with van der Waals surface area (Å²) in [4.78, 5) is 84.3. The molecule has 0 spiro atoms. The van der Waals surface area contributed by atoms with Crippen molar-refractivity contribution >= 4 is 46.9 Å². The second kappa shape index (κ2) is 20.1. The van der Waals surface area contributed by atoms with Crippen LogP contribution in [0.15, 0.2) is 116 Å². The van der Waals surface area contributed by atoms with E-state index in [2.05, 4.69) is 40.2 Å². The number of amides is 6. The summed E-state index contributed by atoms with van der Waals surface area (Å²) in [6.07, 6.45) is 4.02. The molecule has 8 rings (SSSR count). The zero-order valence-corrected chi connectivity index (χ0v) is 40.1. The molecule has 7 N–H and O–H groups in total. The van der Waals surface area contributed by atoms with E-state index in [1.54, 1.807) is 12.1 Å². The van der Waals surface area contributed by atoms with Gasteiger partial charge < -0.3 is 22.5 Å². The third-order valence-corrected chi connectivity index (χ3v) is 11.4. The van der Waals surface area contributed by atoms with Gasteiger partial charge in [0.1, 0.15) is 57.8 Å². The highest BCUT2D eigenvalue weighted by Gasteiger charge is 2.34. The number of rotatable bonds is 12. The lowest BCUT2D eigenvalue weighted by Crippen LogP contribution is -2.42. The van der Waals surface area contributed by atoms with Crippen LogP contribution in [0.4, 0.5) is 58.9 Å². The molecule has 0 atom stereocenters. The maximum absolute atomic E-state index is 16.8. The van der Waals surface area contributed by atoms with Gasteiger partial charge in [-0.2, -0.15) is 0 Å². The normalized spacial score (nSPS) is 11.5. The van der Waals surface area contributed by atoms with E-state index in [0.717, 1.165) is 54.6 Å². The monoisotopic (exact) mass is 1030 g/mol. The Labute approximate surface area is 422 Å². The molecule has 0 saturated carbocycles. The standard InChI is InChI=1S/C52H41F6N13O4/c1-51(2,3)47-63-22-19-34(65-47)27-11-15-32(55)44(39(27)57)71(50(61)75)38-18-14-30(42(68-38)36-8-6-7-21-62-36)46(73)69-52(4,5)48-64-23-20-35(66-48)28-12-16-31(54)43(40(28)58)70(49(60)74)37-17-13-29(45(59)72)41(67-37)26-10-9-25(53)24-33(26)56/h6-24H,1-5H3,(H2,59,72)(H2,60,74)(H2,61,75)(H,69,73). The van der Waals surface area contributed by atoms with E-state index in [9.17, 15) is 23.6 Å². The van der Waals surface area contributed by atoms with E-state index in [0.29, 0.717) is 21.7 Å². The molecule has 0 saturated heterocycles. The number of anilines is 4. The number of benzene rings is 3. The topological polar surface area (TPSA) is 255 Å². The van der Waals surface area contributed by atoms with Crippen LogP contribution in [0.5, 0.6) is 0 Å². The van der Waals surface area contributed by atoms with Gasteiger partial charge in [0.2, 0.25) is 0 Å². The molecule has 0 aliphatic heterocycles. The highest BCUT2D eigenvalue weighted by molar-refractivity contribution is 6.04. The van der Waals surface area contributed by atoms with Crippen LogP contribution in [0.2, 0.25) is 0 Å². The second-order valence-corrected chi connectivity index (χ2v) is 18.1. The highest BCUT2D eigenvalue weighted by Crippen LogP contribution is 2.39. The van der Waals surface area contributed by atoms with Gasteiger partial charge in [0.05, 0.1) is 39.4 Å². The summed E-state index contributed by atoms with van der Waals surface area (Å²) in [5.41, 5.74) is 10.7. The summed E-state index contributed by atoms with van der Waals surface area (Å²) in [5.74, 6) is -9.95. The van der Waals surface area contributed by atoms with Gasteiger partial charge in [0.15, 0.2) is 17.5 Å². The van der Waals surface area contributed by atoms with Gasteiger partial charge in [-0.25, -0.2) is 75.6 Å². The summed E-state index contributed by atoms with van der Waals surface area (Å²) in [6, 6.07) is 15.0. The Balaban J connectivity index is 1.14.